The predicted molar refractivity (Wildman–Crippen MR) is 320 cm³/mol. The molecule has 446 valence electrons. The van der Waals surface area contributed by atoms with Gasteiger partial charge in [-0.05, 0) is 44.0 Å². The standard InChI is InChI=1S/C61H63F2N19O5/c1-33-38-26-66-81(45(38)18-42(68-33)40-24-64-8-6-50(40)83-4)54-22-49-56(73-60(75(49)3)77-10-11-78-32-61(62,63)23-35(78)28-77)58(71-54)80-30-37-17-47(80)52(87-37)20-44-39-27-67-82(46(39)19-43(69-44)41-25-65-9-7-51(41)84-5)53-21-48-55(57(70-53)79-29-36-16-34(79)31-86-36)72-59(74(48)2)76-12-14-85-15-13-76/h6-9,18-19,21-22,24-27,34-37,47,52H,10-17,20,23,28-32H2,1-5H3/t34-,35+,36-,37-,47-,52?/m1/s1. The molecule has 6 atom stereocenters. The summed E-state index contributed by atoms with van der Waals surface area (Å²) in [5.41, 5.74) is 9.31. The average molecular weight is 1180 g/mol. The number of methoxy groups -OCH3 is 2. The van der Waals surface area contributed by atoms with Gasteiger partial charge in [0.25, 0.3) is 5.92 Å². The Balaban J connectivity index is 0.782. The monoisotopic (exact) mass is 1180 g/mol. The zero-order valence-electron chi connectivity index (χ0n) is 48.8. The molecule has 87 heavy (non-hydrogen) atoms. The number of ether oxygens (including phenoxy) is 5. The number of rotatable bonds is 12. The lowest BCUT2D eigenvalue weighted by Gasteiger charge is -2.37. The summed E-state index contributed by atoms with van der Waals surface area (Å²) in [6, 6.07) is 11.6. The molecule has 0 aliphatic carbocycles. The van der Waals surface area contributed by atoms with Crippen LogP contribution in [0, 0.1) is 6.92 Å². The van der Waals surface area contributed by atoms with Crippen molar-refractivity contribution in [2.45, 2.75) is 75.0 Å². The van der Waals surface area contributed by atoms with Gasteiger partial charge in [0.1, 0.15) is 22.5 Å². The number of aromatic nitrogens is 14. The van der Waals surface area contributed by atoms with Crippen LogP contribution in [0.15, 0.2) is 73.6 Å². The van der Waals surface area contributed by atoms with Crippen LogP contribution in [0.1, 0.15) is 30.7 Å². The Hall–Kier alpha value is -8.72. The topological polar surface area (TPSA) is 211 Å². The van der Waals surface area contributed by atoms with Crippen LogP contribution in [0.3, 0.4) is 0 Å². The molecule has 7 aliphatic rings. The Kier molecular flexibility index (Phi) is 12.0. The minimum absolute atomic E-state index is 0.126. The van der Waals surface area contributed by atoms with Gasteiger partial charge in [0, 0.05) is 132 Å². The van der Waals surface area contributed by atoms with Gasteiger partial charge in [0.2, 0.25) is 11.9 Å². The number of aryl methyl sites for hydroxylation is 3. The van der Waals surface area contributed by atoms with Crippen LogP contribution in [0.5, 0.6) is 11.5 Å². The Morgan fingerprint density at radius 3 is 1.92 bits per heavy atom. The Bertz CT molecular complexity index is 4410. The van der Waals surface area contributed by atoms with Crippen LogP contribution < -0.4 is 29.1 Å². The SMILES string of the molecule is COc1ccncc1-c1cc2c(cnn2-c2cc3c(nc(N4CCN5CC(F)(F)C[C@H]5C4)n3C)c(N3C[C@H]4C[C@@H]3C(Cc3nc(-c5cnccc5OC)cc5c3cnn5-c3cc5c(nc(N6CCOCC6)n5C)c(N5C[C@H]6C[C@@H]5CO6)n3)O4)n2)c(C)n1. The van der Waals surface area contributed by atoms with Crippen molar-refractivity contribution in [3.05, 3.63) is 85.0 Å². The highest BCUT2D eigenvalue weighted by atomic mass is 19.3. The number of halogens is 2. The van der Waals surface area contributed by atoms with Gasteiger partial charge in [-0.3, -0.25) is 24.8 Å². The molecule has 0 radical (unpaired) electrons. The quantitative estimate of drug-likeness (QED) is 0.135. The number of imidazole rings is 2. The van der Waals surface area contributed by atoms with E-state index in [1.807, 2.05) is 64.9 Å². The molecule has 0 spiro atoms. The van der Waals surface area contributed by atoms with Crippen LogP contribution in [-0.2, 0) is 34.7 Å². The van der Waals surface area contributed by atoms with Crippen molar-refractivity contribution in [2.24, 2.45) is 14.1 Å². The molecule has 17 heterocycles. The molecule has 7 fully saturated rings. The van der Waals surface area contributed by atoms with Crippen molar-refractivity contribution in [3.63, 3.8) is 0 Å². The van der Waals surface area contributed by atoms with Crippen LogP contribution in [0.4, 0.5) is 32.3 Å². The normalized spacial score (nSPS) is 23.5. The molecule has 0 amide bonds. The number of nitrogens with zero attached hydrogens (tertiary/aromatic N) is 19. The van der Waals surface area contributed by atoms with Crippen molar-refractivity contribution in [3.8, 4) is 45.6 Å². The molecule has 24 nitrogen and oxygen atoms in total. The number of hydrogen-bond donors (Lipinski definition) is 0. The van der Waals surface area contributed by atoms with Crippen molar-refractivity contribution in [1.82, 2.24) is 73.5 Å². The van der Waals surface area contributed by atoms with E-state index >= 15 is 0 Å². The second kappa shape index (κ2) is 19.9. The van der Waals surface area contributed by atoms with E-state index in [2.05, 4.69) is 57.9 Å². The summed E-state index contributed by atoms with van der Waals surface area (Å²) in [5, 5.41) is 11.9. The highest BCUT2D eigenvalue weighted by Gasteiger charge is 2.50. The number of fused-ring (bicyclic) bond motifs is 9. The minimum Gasteiger partial charge on any atom is -0.496 e. The zero-order chi connectivity index (χ0) is 58.6. The van der Waals surface area contributed by atoms with Crippen molar-refractivity contribution in [2.75, 3.05) is 106 Å². The summed E-state index contributed by atoms with van der Waals surface area (Å²) in [4.78, 5) is 52.3. The number of alkyl halides is 2. The van der Waals surface area contributed by atoms with Gasteiger partial charge in [-0.15, -0.1) is 0 Å². The van der Waals surface area contributed by atoms with E-state index < -0.39 is 5.92 Å². The number of anilines is 4. The molecule has 10 aromatic heterocycles. The molecule has 1 unspecified atom stereocenters. The third-order valence-corrected chi connectivity index (χ3v) is 19.1. The third-order valence-electron chi connectivity index (χ3n) is 19.1. The number of piperazine rings is 1. The second-order valence-electron chi connectivity index (χ2n) is 24.1. The summed E-state index contributed by atoms with van der Waals surface area (Å²) in [6.07, 6.45) is 12.3. The van der Waals surface area contributed by atoms with Gasteiger partial charge in [-0.25, -0.2) is 38.1 Å². The maximum absolute atomic E-state index is 14.9. The summed E-state index contributed by atoms with van der Waals surface area (Å²) in [5.74, 6) is 2.85. The lowest BCUT2D eigenvalue weighted by molar-refractivity contribution is 0.0125. The van der Waals surface area contributed by atoms with E-state index in [0.717, 1.165) is 105 Å². The molecule has 4 bridgehead atoms. The Morgan fingerprint density at radius 1 is 0.644 bits per heavy atom. The fraction of sp³-hybridized carbons (Fsp3) is 0.443. The first-order chi connectivity index (χ1) is 42.4. The molecule has 0 saturated carbocycles. The Labute approximate surface area is 497 Å². The van der Waals surface area contributed by atoms with E-state index in [9.17, 15) is 8.78 Å². The van der Waals surface area contributed by atoms with Gasteiger partial charge in [-0.1, -0.05) is 0 Å². The summed E-state index contributed by atoms with van der Waals surface area (Å²) < 4.78 is 68.4. The zero-order valence-corrected chi connectivity index (χ0v) is 48.8. The van der Waals surface area contributed by atoms with E-state index in [0.29, 0.717) is 104 Å². The van der Waals surface area contributed by atoms with Gasteiger partial charge in [0.15, 0.2) is 23.3 Å². The van der Waals surface area contributed by atoms with Crippen molar-refractivity contribution in [1.29, 1.82) is 0 Å². The largest absolute Gasteiger partial charge is 0.496 e. The average Bonchev–Trinajstić information content (AvgIpc) is 1.84. The smallest absolute Gasteiger partial charge is 0.262 e. The first-order valence-corrected chi connectivity index (χ1v) is 29.9. The van der Waals surface area contributed by atoms with Crippen LogP contribution in [-0.4, -0.2) is 202 Å². The fourth-order valence-corrected chi connectivity index (χ4v) is 14.9. The molecular weight excluding hydrogens is 1120 g/mol. The number of morpholine rings is 3. The van der Waals surface area contributed by atoms with Crippen LogP contribution in [0.25, 0.3) is 78.0 Å². The van der Waals surface area contributed by atoms with Crippen LogP contribution in [0.2, 0.25) is 0 Å². The maximum atomic E-state index is 14.9. The molecule has 0 aromatic carbocycles. The fourth-order valence-electron chi connectivity index (χ4n) is 14.9. The lowest BCUT2D eigenvalue weighted by Crippen LogP contribution is -2.50. The Morgan fingerprint density at radius 2 is 1.28 bits per heavy atom. The number of hydrogen-bond acceptors (Lipinski definition) is 20. The van der Waals surface area contributed by atoms with Crippen molar-refractivity contribution < 1.29 is 32.5 Å². The maximum Gasteiger partial charge on any atom is 0.262 e. The lowest BCUT2D eigenvalue weighted by atomic mass is 10.0. The first-order valence-electron chi connectivity index (χ1n) is 29.9. The molecule has 17 rings (SSSR count). The highest BCUT2D eigenvalue weighted by molar-refractivity contribution is 5.94. The molecule has 7 aliphatic heterocycles. The third kappa shape index (κ3) is 8.48. The summed E-state index contributed by atoms with van der Waals surface area (Å²) >= 11 is 0. The summed E-state index contributed by atoms with van der Waals surface area (Å²) in [6.45, 7) is 7.97. The van der Waals surface area contributed by atoms with Gasteiger partial charge in [-0.2, -0.15) is 10.2 Å². The number of pyridine rings is 6. The van der Waals surface area contributed by atoms with Crippen molar-refractivity contribution >= 4 is 67.4 Å². The van der Waals surface area contributed by atoms with E-state index in [4.69, 9.17) is 63.8 Å². The van der Waals surface area contributed by atoms with Crippen LogP contribution >= 0.6 is 0 Å². The molecule has 7 saturated heterocycles. The second-order valence-corrected chi connectivity index (χ2v) is 24.1. The predicted octanol–water partition coefficient (Wildman–Crippen LogP) is 6.10. The molecule has 0 N–H and O–H groups in total. The van der Waals surface area contributed by atoms with Gasteiger partial charge < -0.3 is 52.4 Å². The van der Waals surface area contributed by atoms with E-state index in [1.165, 1.54) is 0 Å². The molecule has 26 heteroatoms. The first kappa shape index (κ1) is 52.6. The van der Waals surface area contributed by atoms with E-state index in [1.54, 1.807) is 39.0 Å². The summed E-state index contributed by atoms with van der Waals surface area (Å²) in [7, 11) is 7.36. The van der Waals surface area contributed by atoms with Gasteiger partial charge >= 0.3 is 0 Å². The van der Waals surface area contributed by atoms with E-state index in [-0.39, 0.29) is 49.4 Å². The highest BCUT2D eigenvalue weighted by Crippen LogP contribution is 2.45. The minimum atomic E-state index is -2.72. The molecular formula is C61H63F2N19O5. The van der Waals surface area contributed by atoms with Gasteiger partial charge in [0.05, 0.1) is 134 Å². The molecule has 10 aromatic rings.